The van der Waals surface area contributed by atoms with Crippen LogP contribution in [0.4, 0.5) is 4.39 Å². The van der Waals surface area contributed by atoms with Gasteiger partial charge >= 0.3 is 0 Å². The number of nitrogens with one attached hydrogen (secondary N) is 1. The van der Waals surface area contributed by atoms with Gasteiger partial charge in [-0.05, 0) is 45.4 Å². The van der Waals surface area contributed by atoms with Crippen molar-refractivity contribution in [1.82, 2.24) is 4.72 Å². The van der Waals surface area contributed by atoms with Crippen molar-refractivity contribution in [2.75, 3.05) is 0 Å². The number of rotatable bonds is 6. The van der Waals surface area contributed by atoms with Crippen LogP contribution < -0.4 is 4.72 Å². The number of halogens is 1. The third-order valence-electron chi connectivity index (χ3n) is 4.03. The summed E-state index contributed by atoms with van der Waals surface area (Å²) < 4.78 is 56.0. The number of sulfone groups is 1. The predicted octanol–water partition coefficient (Wildman–Crippen LogP) is 3.72. The van der Waals surface area contributed by atoms with Crippen molar-refractivity contribution >= 4 is 20.8 Å². The Hall–Kier alpha value is -1.57. The fraction of sp³-hybridized carbons (Fsp3) is 0.368. The molecule has 0 aromatic heterocycles. The van der Waals surface area contributed by atoms with Crippen molar-refractivity contribution in [3.63, 3.8) is 0 Å². The van der Waals surface area contributed by atoms with Crippen LogP contribution >= 0.6 is 0 Å². The molecule has 2 aromatic rings. The van der Waals surface area contributed by atoms with Gasteiger partial charge in [-0.25, -0.2) is 21.7 Å². The van der Waals surface area contributed by atoms with Crippen molar-refractivity contribution in [3.8, 4) is 0 Å². The minimum Gasteiger partial charge on any atom is -0.242 e. The summed E-state index contributed by atoms with van der Waals surface area (Å²) in [5, 5.41) is 0. The first-order chi connectivity index (χ1) is 12.0. The number of benzene rings is 2. The van der Waals surface area contributed by atoms with Gasteiger partial charge in [-0.3, -0.25) is 0 Å². The molecule has 0 aliphatic carbocycles. The molecule has 2 aromatic carbocycles. The molecule has 2 rings (SSSR count). The topological polar surface area (TPSA) is 63.2 Å². The second-order valence-electron chi connectivity index (χ2n) is 7.23. The van der Waals surface area contributed by atoms with E-state index >= 15 is 4.39 Å². The molecule has 26 heavy (non-hydrogen) atoms. The van der Waals surface area contributed by atoms with Crippen LogP contribution in [-0.4, -0.2) is 22.9 Å². The highest BCUT2D eigenvalue weighted by molar-refractivity contribution is 7.92. The Balaban J connectivity index is 2.56. The van der Waals surface area contributed by atoms with Crippen LogP contribution in [0.25, 0.3) is 0 Å². The summed E-state index contributed by atoms with van der Waals surface area (Å²) in [6, 6.07) is 15.8. The molecular formula is C19H24FNO3S2. The van der Waals surface area contributed by atoms with Gasteiger partial charge < -0.3 is 0 Å². The second-order valence-corrected chi connectivity index (χ2v) is 11.2. The second kappa shape index (κ2) is 7.58. The van der Waals surface area contributed by atoms with Crippen LogP contribution in [0.15, 0.2) is 65.6 Å². The van der Waals surface area contributed by atoms with E-state index in [0.717, 1.165) is 0 Å². The average molecular weight is 398 g/mol. The van der Waals surface area contributed by atoms with E-state index in [4.69, 9.17) is 0 Å². The maximum atomic E-state index is 15.6. The number of hydrogen-bond acceptors (Lipinski definition) is 3. The van der Waals surface area contributed by atoms with Gasteiger partial charge in [0.25, 0.3) is 0 Å². The molecule has 0 saturated heterocycles. The molecule has 4 nitrogen and oxygen atoms in total. The molecule has 142 valence electrons. The Morgan fingerprint density at radius 2 is 1.38 bits per heavy atom. The van der Waals surface area contributed by atoms with Gasteiger partial charge in [0.15, 0.2) is 0 Å². The fourth-order valence-corrected chi connectivity index (χ4v) is 4.98. The van der Waals surface area contributed by atoms with E-state index in [-0.39, 0.29) is 4.90 Å². The molecule has 0 aliphatic heterocycles. The lowest BCUT2D eigenvalue weighted by atomic mass is 9.94. The van der Waals surface area contributed by atoms with Crippen LogP contribution in [0.3, 0.4) is 0 Å². The molecule has 7 heteroatoms. The molecule has 0 spiro atoms. The van der Waals surface area contributed by atoms with Crippen LogP contribution in [0.2, 0.25) is 0 Å². The first kappa shape index (κ1) is 20.7. The largest absolute Gasteiger partial charge is 0.242 e. The predicted molar refractivity (Wildman–Crippen MR) is 103 cm³/mol. The smallest absolute Gasteiger partial charge is 0.227 e. The Bertz CT molecular complexity index is 865. The van der Waals surface area contributed by atoms with Crippen LogP contribution in [0, 0.1) is 0 Å². The summed E-state index contributed by atoms with van der Waals surface area (Å²) in [5.74, 6) is 0. The summed E-state index contributed by atoms with van der Waals surface area (Å²) in [6.45, 7) is 6.64. The van der Waals surface area contributed by atoms with Crippen LogP contribution in [0.5, 0.6) is 0 Å². The van der Waals surface area contributed by atoms with Gasteiger partial charge in [0.2, 0.25) is 15.3 Å². The van der Waals surface area contributed by atoms with Crippen molar-refractivity contribution in [2.24, 2.45) is 0 Å². The lowest BCUT2D eigenvalue weighted by Gasteiger charge is -2.36. The monoisotopic (exact) mass is 397 g/mol. The maximum Gasteiger partial charge on any atom is 0.227 e. The minimum atomic E-state index is -4.30. The van der Waals surface area contributed by atoms with E-state index in [0.29, 0.717) is 5.56 Å². The Morgan fingerprint density at radius 1 is 0.923 bits per heavy atom. The first-order valence-corrected chi connectivity index (χ1v) is 10.9. The molecule has 0 heterocycles. The van der Waals surface area contributed by atoms with Gasteiger partial charge in [0.1, 0.15) is 0 Å². The summed E-state index contributed by atoms with van der Waals surface area (Å²) in [4.78, 5) is -0.113. The van der Waals surface area contributed by atoms with E-state index in [1.807, 2.05) is 0 Å². The zero-order valence-corrected chi connectivity index (χ0v) is 16.9. The Kier molecular flexibility index (Phi) is 6.05. The lowest BCUT2D eigenvalue weighted by Crippen LogP contribution is -2.54. The first-order valence-electron chi connectivity index (χ1n) is 8.18. The third kappa shape index (κ3) is 4.22. The molecule has 0 saturated carbocycles. The molecule has 0 bridgehead atoms. The quantitative estimate of drug-likeness (QED) is 0.808. The number of hydrogen-bond donors (Lipinski definition) is 1. The summed E-state index contributed by atoms with van der Waals surface area (Å²) in [5.41, 5.74) is -3.61. The van der Waals surface area contributed by atoms with Crippen LogP contribution in [-0.2, 0) is 26.4 Å². The van der Waals surface area contributed by atoms with E-state index in [2.05, 4.69) is 4.72 Å². The van der Waals surface area contributed by atoms with Gasteiger partial charge in [-0.2, -0.15) is 0 Å². The fourth-order valence-electron chi connectivity index (χ4n) is 2.41. The standard InChI is InChI=1S/C19H24FNO3S2/c1-18(2,3)25(22)21-19(4,15-11-7-5-8-12-15)17(20)26(23,24)16-13-9-6-10-14-16/h5-14,17,21H,1-4H3/t17?,19-,25+/m0/s1. The Labute approximate surface area is 157 Å². The van der Waals surface area contributed by atoms with Gasteiger partial charge in [-0.15, -0.1) is 0 Å². The van der Waals surface area contributed by atoms with Gasteiger partial charge in [-0.1, -0.05) is 48.5 Å². The molecule has 0 aliphatic rings. The molecule has 0 fully saturated rings. The summed E-state index contributed by atoms with van der Waals surface area (Å²) >= 11 is 0. The molecule has 1 N–H and O–H groups in total. The summed E-state index contributed by atoms with van der Waals surface area (Å²) in [7, 11) is -5.97. The average Bonchev–Trinajstić information content (AvgIpc) is 2.61. The van der Waals surface area contributed by atoms with Crippen molar-refractivity contribution in [2.45, 2.75) is 48.4 Å². The van der Waals surface area contributed by atoms with Crippen molar-refractivity contribution in [1.29, 1.82) is 0 Å². The van der Waals surface area contributed by atoms with E-state index in [9.17, 15) is 12.6 Å². The Morgan fingerprint density at radius 3 is 1.85 bits per heavy atom. The molecule has 0 amide bonds. The van der Waals surface area contributed by atoms with E-state index in [1.54, 1.807) is 69.3 Å². The van der Waals surface area contributed by atoms with Gasteiger partial charge in [0.05, 0.1) is 26.2 Å². The SMILES string of the molecule is CC(C)(C)[S@@](=O)N[C@@](C)(c1ccccc1)C(F)S(=O)(=O)c1ccccc1. The van der Waals surface area contributed by atoms with Crippen molar-refractivity contribution < 1.29 is 17.0 Å². The highest BCUT2D eigenvalue weighted by Gasteiger charge is 2.47. The summed E-state index contributed by atoms with van der Waals surface area (Å²) in [6.07, 6.45) is 0. The normalized spacial score (nSPS) is 17.3. The van der Waals surface area contributed by atoms with Crippen molar-refractivity contribution in [3.05, 3.63) is 66.2 Å². The zero-order valence-electron chi connectivity index (χ0n) is 15.3. The molecule has 3 atom stereocenters. The minimum absolute atomic E-state index is 0.113. The molecule has 0 radical (unpaired) electrons. The highest BCUT2D eigenvalue weighted by Crippen LogP contribution is 2.35. The van der Waals surface area contributed by atoms with Crippen LogP contribution in [0.1, 0.15) is 33.3 Å². The molecule has 1 unspecified atom stereocenters. The third-order valence-corrected chi connectivity index (χ3v) is 7.70. The maximum absolute atomic E-state index is 15.6. The molecular weight excluding hydrogens is 373 g/mol. The lowest BCUT2D eigenvalue weighted by molar-refractivity contribution is 0.261. The van der Waals surface area contributed by atoms with E-state index in [1.165, 1.54) is 19.1 Å². The van der Waals surface area contributed by atoms with Gasteiger partial charge in [0, 0.05) is 0 Å². The zero-order chi connectivity index (χ0) is 19.6. The highest BCUT2D eigenvalue weighted by atomic mass is 32.2. The number of alkyl halides is 1. The van der Waals surface area contributed by atoms with E-state index < -0.39 is 36.6 Å².